The summed E-state index contributed by atoms with van der Waals surface area (Å²) >= 11 is 12.4. The van der Waals surface area contributed by atoms with E-state index in [0.29, 0.717) is 16.6 Å². The van der Waals surface area contributed by atoms with E-state index in [-0.39, 0.29) is 6.61 Å². The standard InChI is InChI=1S/C25H24Cl2N2O3/c1-15-10-17(14-32-25(3)9-5-4-6-20(25)24(30)31)11-22-23(15)28-16(2)29(22)13-18-7-8-19(26)12-21(18)27/h4-12,20H,13-14H2,1-3H3,(H,30,31). The van der Waals surface area contributed by atoms with E-state index in [2.05, 4.69) is 4.57 Å². The van der Waals surface area contributed by atoms with Crippen molar-refractivity contribution in [2.45, 2.75) is 39.5 Å². The molecule has 0 aliphatic heterocycles. The van der Waals surface area contributed by atoms with Crippen molar-refractivity contribution in [3.8, 4) is 0 Å². The molecular weight excluding hydrogens is 447 g/mol. The smallest absolute Gasteiger partial charge is 0.313 e. The number of carboxylic acid groups (broad SMARTS) is 1. The summed E-state index contributed by atoms with van der Waals surface area (Å²) in [5.74, 6) is -0.768. The Labute approximate surface area is 196 Å². The molecule has 166 valence electrons. The van der Waals surface area contributed by atoms with Gasteiger partial charge in [0.1, 0.15) is 17.3 Å². The van der Waals surface area contributed by atoms with E-state index < -0.39 is 17.5 Å². The molecule has 1 N–H and O–H groups in total. The van der Waals surface area contributed by atoms with Crippen molar-refractivity contribution in [3.05, 3.63) is 87.2 Å². The van der Waals surface area contributed by atoms with Crippen molar-refractivity contribution >= 4 is 40.2 Å². The Kier molecular flexibility index (Phi) is 6.17. The highest BCUT2D eigenvalue weighted by Gasteiger charge is 2.37. The lowest BCUT2D eigenvalue weighted by molar-refractivity contribution is -0.149. The topological polar surface area (TPSA) is 64.3 Å². The highest BCUT2D eigenvalue weighted by molar-refractivity contribution is 6.35. The molecule has 1 heterocycles. The van der Waals surface area contributed by atoms with Gasteiger partial charge in [-0.05, 0) is 55.7 Å². The number of nitrogens with zero attached hydrogens (tertiary/aromatic N) is 2. The number of aliphatic carboxylic acids is 1. The number of fused-ring (bicyclic) bond motifs is 1. The zero-order chi connectivity index (χ0) is 23.0. The molecule has 4 rings (SSSR count). The molecule has 0 bridgehead atoms. The minimum Gasteiger partial charge on any atom is -0.481 e. The molecule has 7 heteroatoms. The molecule has 32 heavy (non-hydrogen) atoms. The van der Waals surface area contributed by atoms with E-state index in [1.54, 1.807) is 31.2 Å². The quantitative estimate of drug-likeness (QED) is 0.471. The predicted octanol–water partition coefficient (Wildman–Crippen LogP) is 6.11. The molecule has 0 amide bonds. The number of hydrogen-bond acceptors (Lipinski definition) is 3. The number of rotatable bonds is 6. The number of hydrogen-bond donors (Lipinski definition) is 1. The first-order chi connectivity index (χ1) is 15.2. The van der Waals surface area contributed by atoms with Crippen LogP contribution in [0.25, 0.3) is 11.0 Å². The monoisotopic (exact) mass is 470 g/mol. The van der Waals surface area contributed by atoms with Crippen molar-refractivity contribution in [1.29, 1.82) is 0 Å². The molecule has 1 aliphatic rings. The fraction of sp³-hybridized carbons (Fsp3) is 0.280. The minimum atomic E-state index is -0.920. The maximum Gasteiger partial charge on any atom is 0.313 e. The largest absolute Gasteiger partial charge is 0.481 e. The summed E-state index contributed by atoms with van der Waals surface area (Å²) in [5, 5.41) is 10.8. The van der Waals surface area contributed by atoms with E-state index >= 15 is 0 Å². The van der Waals surface area contributed by atoms with Crippen LogP contribution >= 0.6 is 23.2 Å². The summed E-state index contributed by atoms with van der Waals surface area (Å²) in [4.78, 5) is 16.4. The van der Waals surface area contributed by atoms with Gasteiger partial charge in [-0.1, -0.05) is 59.6 Å². The molecule has 0 fully saturated rings. The van der Waals surface area contributed by atoms with Gasteiger partial charge in [0.05, 0.1) is 24.2 Å². The van der Waals surface area contributed by atoms with Crippen LogP contribution in [0.2, 0.25) is 10.0 Å². The second kappa shape index (κ2) is 8.74. The van der Waals surface area contributed by atoms with Crippen LogP contribution in [0.3, 0.4) is 0 Å². The van der Waals surface area contributed by atoms with Crippen molar-refractivity contribution in [1.82, 2.24) is 9.55 Å². The molecule has 2 atom stereocenters. The molecule has 0 saturated carbocycles. The zero-order valence-electron chi connectivity index (χ0n) is 18.1. The van der Waals surface area contributed by atoms with Crippen molar-refractivity contribution in [2.75, 3.05) is 0 Å². The van der Waals surface area contributed by atoms with Gasteiger partial charge in [-0.2, -0.15) is 0 Å². The lowest BCUT2D eigenvalue weighted by Gasteiger charge is -2.32. The fourth-order valence-corrected chi connectivity index (χ4v) is 4.57. The molecule has 2 aromatic carbocycles. The average Bonchev–Trinajstić information content (AvgIpc) is 3.04. The van der Waals surface area contributed by atoms with Crippen molar-refractivity contribution in [3.63, 3.8) is 0 Å². The number of ether oxygens (including phenoxy) is 1. The maximum atomic E-state index is 11.7. The number of allylic oxidation sites excluding steroid dienone is 2. The predicted molar refractivity (Wildman–Crippen MR) is 127 cm³/mol. The molecular formula is C25H24Cl2N2O3. The third kappa shape index (κ3) is 4.33. The number of carboxylic acids is 1. The first-order valence-corrected chi connectivity index (χ1v) is 11.1. The fourth-order valence-electron chi connectivity index (χ4n) is 4.11. The Morgan fingerprint density at radius 2 is 2.00 bits per heavy atom. The Bertz CT molecular complexity index is 1260. The van der Waals surface area contributed by atoms with Crippen LogP contribution in [0.1, 0.15) is 29.4 Å². The lowest BCUT2D eigenvalue weighted by Crippen LogP contribution is -2.40. The first kappa shape index (κ1) is 22.6. The number of imidazole rings is 1. The molecule has 1 aliphatic carbocycles. The van der Waals surface area contributed by atoms with Crippen LogP contribution in [-0.2, 0) is 22.7 Å². The van der Waals surface area contributed by atoms with E-state index in [9.17, 15) is 9.90 Å². The van der Waals surface area contributed by atoms with E-state index in [1.165, 1.54) is 0 Å². The van der Waals surface area contributed by atoms with E-state index in [1.807, 2.05) is 44.2 Å². The highest BCUT2D eigenvalue weighted by Crippen LogP contribution is 2.31. The number of aryl methyl sites for hydroxylation is 2. The second-order valence-corrected chi connectivity index (χ2v) is 9.14. The average molecular weight is 471 g/mol. The molecule has 0 saturated heterocycles. The van der Waals surface area contributed by atoms with Gasteiger partial charge in [0.2, 0.25) is 0 Å². The van der Waals surface area contributed by atoms with Gasteiger partial charge in [0.15, 0.2) is 0 Å². The molecule has 2 unspecified atom stereocenters. The highest BCUT2D eigenvalue weighted by atomic mass is 35.5. The maximum absolute atomic E-state index is 11.7. The Balaban J connectivity index is 1.65. The number of halogens is 2. The summed E-state index contributed by atoms with van der Waals surface area (Å²) in [6, 6.07) is 9.58. The Morgan fingerprint density at radius 3 is 2.72 bits per heavy atom. The number of aromatic nitrogens is 2. The zero-order valence-corrected chi connectivity index (χ0v) is 19.6. The van der Waals surface area contributed by atoms with Gasteiger partial charge < -0.3 is 14.4 Å². The molecule has 3 aromatic rings. The number of carbonyl (C=O) groups is 1. The van der Waals surface area contributed by atoms with Crippen molar-refractivity contribution < 1.29 is 14.6 Å². The van der Waals surface area contributed by atoms with Crippen molar-refractivity contribution in [2.24, 2.45) is 5.92 Å². The van der Waals surface area contributed by atoms with Crippen LogP contribution in [0.5, 0.6) is 0 Å². The summed E-state index contributed by atoms with van der Waals surface area (Å²) in [6.07, 6.45) is 7.02. The third-order valence-electron chi connectivity index (χ3n) is 5.91. The molecule has 1 aromatic heterocycles. The van der Waals surface area contributed by atoms with E-state index in [0.717, 1.165) is 33.5 Å². The second-order valence-electron chi connectivity index (χ2n) is 8.29. The minimum absolute atomic E-state index is 0.279. The summed E-state index contributed by atoms with van der Waals surface area (Å²) < 4.78 is 8.26. The van der Waals surface area contributed by atoms with Gasteiger partial charge in [0, 0.05) is 10.0 Å². The van der Waals surface area contributed by atoms with Crippen LogP contribution in [0.4, 0.5) is 0 Å². The normalized spacial score (nSPS) is 20.2. The van der Waals surface area contributed by atoms with Gasteiger partial charge in [-0.25, -0.2) is 4.98 Å². The molecule has 5 nitrogen and oxygen atoms in total. The van der Waals surface area contributed by atoms with Crippen LogP contribution in [-0.4, -0.2) is 26.2 Å². The number of benzene rings is 2. The van der Waals surface area contributed by atoms with Gasteiger partial charge in [0.25, 0.3) is 0 Å². The summed E-state index contributed by atoms with van der Waals surface area (Å²) in [6.45, 7) is 6.63. The van der Waals surface area contributed by atoms with Crippen LogP contribution in [0.15, 0.2) is 54.6 Å². The Morgan fingerprint density at radius 1 is 1.22 bits per heavy atom. The lowest BCUT2D eigenvalue weighted by atomic mass is 9.85. The SMILES string of the molecule is Cc1cc(COC2(C)C=CC=CC2C(=O)O)cc2c1nc(C)n2Cc1ccc(Cl)cc1Cl. The van der Waals surface area contributed by atoms with E-state index in [4.69, 9.17) is 32.9 Å². The third-order valence-corrected chi connectivity index (χ3v) is 6.50. The summed E-state index contributed by atoms with van der Waals surface area (Å²) in [7, 11) is 0. The first-order valence-electron chi connectivity index (χ1n) is 10.3. The van der Waals surface area contributed by atoms with Crippen LogP contribution < -0.4 is 0 Å². The van der Waals surface area contributed by atoms with Gasteiger partial charge in [-0.3, -0.25) is 4.79 Å². The van der Waals surface area contributed by atoms with Gasteiger partial charge in [-0.15, -0.1) is 0 Å². The van der Waals surface area contributed by atoms with Crippen LogP contribution in [0, 0.1) is 19.8 Å². The molecule has 0 spiro atoms. The Hall–Kier alpha value is -2.60. The summed E-state index contributed by atoms with van der Waals surface area (Å²) in [5.41, 5.74) is 3.92. The molecule has 0 radical (unpaired) electrons. The van der Waals surface area contributed by atoms with Gasteiger partial charge >= 0.3 is 5.97 Å².